The van der Waals surface area contributed by atoms with Gasteiger partial charge in [-0.1, -0.05) is 6.07 Å². The van der Waals surface area contributed by atoms with Crippen LogP contribution in [-0.4, -0.2) is 60.5 Å². The summed E-state index contributed by atoms with van der Waals surface area (Å²) in [6.45, 7) is 1.74. The van der Waals surface area contributed by atoms with Gasteiger partial charge in [0.1, 0.15) is 0 Å². The zero-order chi connectivity index (χ0) is 15.6. The molecule has 3 unspecified atom stereocenters. The molecule has 7 heteroatoms. The molecule has 1 aromatic heterocycles. The largest absolute Gasteiger partial charge is 0.387 e. The van der Waals surface area contributed by atoms with E-state index in [1.54, 1.807) is 4.90 Å². The first kappa shape index (κ1) is 15.9. The van der Waals surface area contributed by atoms with Gasteiger partial charge in [0.2, 0.25) is 5.67 Å². The van der Waals surface area contributed by atoms with Gasteiger partial charge in [0, 0.05) is 30.8 Å². The Labute approximate surface area is 133 Å². The van der Waals surface area contributed by atoms with E-state index in [9.17, 15) is 14.3 Å². The van der Waals surface area contributed by atoms with Gasteiger partial charge in [0.05, 0.1) is 25.4 Å². The smallest absolute Gasteiger partial charge is 0.262 e. The Balaban J connectivity index is 1.69. The predicted octanol–water partition coefficient (Wildman–Crippen LogP) is 1.10. The third kappa shape index (κ3) is 3.17. The van der Waals surface area contributed by atoms with Crippen molar-refractivity contribution in [1.82, 2.24) is 10.2 Å². The number of rotatable bonds is 4. The van der Waals surface area contributed by atoms with Gasteiger partial charge in [0.15, 0.2) is 0 Å². The molecule has 0 saturated carbocycles. The van der Waals surface area contributed by atoms with Crippen molar-refractivity contribution < 1.29 is 19.0 Å². The number of aliphatic hydroxyl groups excluding tert-OH is 1. The molecule has 1 amide bonds. The standard InChI is InChI=1S/C15H21FN2O3S/c16-15(3-4-17-10-15)14(20)18-5-6-21-9-11(18)8-12(19)13-2-1-7-22-13/h1-2,7,11-12,17,19H,3-6,8-10H2. The van der Waals surface area contributed by atoms with Gasteiger partial charge in [-0.25, -0.2) is 4.39 Å². The molecule has 2 N–H and O–H groups in total. The van der Waals surface area contributed by atoms with Crippen molar-refractivity contribution in [3.05, 3.63) is 22.4 Å². The summed E-state index contributed by atoms with van der Waals surface area (Å²) in [6.07, 6.45) is -0.0710. The van der Waals surface area contributed by atoms with Crippen LogP contribution in [-0.2, 0) is 9.53 Å². The molecule has 0 radical (unpaired) electrons. The second kappa shape index (κ2) is 6.62. The summed E-state index contributed by atoms with van der Waals surface area (Å²) in [6, 6.07) is 3.46. The van der Waals surface area contributed by atoms with Gasteiger partial charge in [-0.3, -0.25) is 4.79 Å². The van der Waals surface area contributed by atoms with Crippen molar-refractivity contribution in [1.29, 1.82) is 0 Å². The van der Waals surface area contributed by atoms with Crippen molar-refractivity contribution >= 4 is 17.2 Å². The molecule has 2 aliphatic rings. The second-order valence-corrected chi connectivity index (χ2v) is 6.87. The molecule has 2 saturated heterocycles. The van der Waals surface area contributed by atoms with Crippen LogP contribution in [0.15, 0.2) is 17.5 Å². The van der Waals surface area contributed by atoms with Gasteiger partial charge >= 0.3 is 0 Å². The average molecular weight is 328 g/mol. The van der Waals surface area contributed by atoms with E-state index in [0.29, 0.717) is 32.7 Å². The summed E-state index contributed by atoms with van der Waals surface area (Å²) in [4.78, 5) is 15.0. The maximum absolute atomic E-state index is 14.7. The minimum Gasteiger partial charge on any atom is -0.387 e. The lowest BCUT2D eigenvalue weighted by Crippen LogP contribution is -2.56. The first-order chi connectivity index (χ1) is 10.6. The maximum Gasteiger partial charge on any atom is 0.262 e. The number of hydrogen-bond donors (Lipinski definition) is 2. The molecular weight excluding hydrogens is 307 g/mol. The molecule has 3 atom stereocenters. The number of thiophene rings is 1. The van der Waals surface area contributed by atoms with Crippen LogP contribution < -0.4 is 5.32 Å². The summed E-state index contributed by atoms with van der Waals surface area (Å²) in [5, 5.41) is 15.1. The van der Waals surface area contributed by atoms with E-state index < -0.39 is 17.7 Å². The summed E-state index contributed by atoms with van der Waals surface area (Å²) in [7, 11) is 0. The number of morpholine rings is 1. The Bertz CT molecular complexity index is 505. The zero-order valence-corrected chi connectivity index (χ0v) is 13.2. The van der Waals surface area contributed by atoms with E-state index in [1.807, 2.05) is 17.5 Å². The van der Waals surface area contributed by atoms with E-state index in [-0.39, 0.29) is 19.0 Å². The number of amides is 1. The van der Waals surface area contributed by atoms with Crippen molar-refractivity contribution in [2.24, 2.45) is 0 Å². The van der Waals surface area contributed by atoms with Crippen LogP contribution in [0.5, 0.6) is 0 Å². The second-order valence-electron chi connectivity index (χ2n) is 5.89. The third-order valence-corrected chi connectivity index (χ3v) is 5.32. The highest BCUT2D eigenvalue weighted by molar-refractivity contribution is 7.10. The lowest BCUT2D eigenvalue weighted by Gasteiger charge is -2.39. The zero-order valence-electron chi connectivity index (χ0n) is 12.3. The lowest BCUT2D eigenvalue weighted by molar-refractivity contribution is -0.152. The highest BCUT2D eigenvalue weighted by Crippen LogP contribution is 2.29. The van der Waals surface area contributed by atoms with Crippen molar-refractivity contribution in [3.63, 3.8) is 0 Å². The van der Waals surface area contributed by atoms with Gasteiger partial charge in [-0.05, 0) is 18.0 Å². The number of carbonyl (C=O) groups is 1. The van der Waals surface area contributed by atoms with Crippen LogP contribution in [0.1, 0.15) is 23.8 Å². The molecule has 0 bridgehead atoms. The van der Waals surface area contributed by atoms with Crippen molar-refractivity contribution in [3.8, 4) is 0 Å². The van der Waals surface area contributed by atoms with Crippen LogP contribution in [0.3, 0.4) is 0 Å². The summed E-state index contributed by atoms with van der Waals surface area (Å²) >= 11 is 1.48. The minimum absolute atomic E-state index is 0.0728. The van der Waals surface area contributed by atoms with Gasteiger partial charge in [-0.15, -0.1) is 11.3 Å². The maximum atomic E-state index is 14.7. The topological polar surface area (TPSA) is 61.8 Å². The molecule has 2 aliphatic heterocycles. The number of alkyl halides is 1. The van der Waals surface area contributed by atoms with E-state index in [2.05, 4.69) is 5.32 Å². The molecule has 0 aliphatic carbocycles. The molecule has 1 aromatic rings. The van der Waals surface area contributed by atoms with Crippen molar-refractivity contribution in [2.45, 2.75) is 30.7 Å². The molecule has 5 nitrogen and oxygen atoms in total. The quantitative estimate of drug-likeness (QED) is 0.869. The van der Waals surface area contributed by atoms with E-state index in [4.69, 9.17) is 4.74 Å². The van der Waals surface area contributed by atoms with Crippen LogP contribution in [0, 0.1) is 0 Å². The normalized spacial score (nSPS) is 30.5. The SMILES string of the molecule is O=C(N1CCOCC1CC(O)c1cccs1)C1(F)CCNC1. The first-order valence-corrected chi connectivity index (χ1v) is 8.48. The summed E-state index contributed by atoms with van der Waals surface area (Å²) in [5.74, 6) is -0.468. The van der Waals surface area contributed by atoms with Crippen LogP contribution in [0.25, 0.3) is 0 Å². The monoisotopic (exact) mass is 328 g/mol. The fraction of sp³-hybridized carbons (Fsp3) is 0.667. The molecule has 2 fully saturated rings. The Hall–Kier alpha value is -1.02. The molecule has 3 heterocycles. The number of ether oxygens (including phenoxy) is 1. The number of hydrogen-bond acceptors (Lipinski definition) is 5. The fourth-order valence-corrected chi connectivity index (χ4v) is 3.80. The molecule has 3 rings (SSSR count). The fourth-order valence-electron chi connectivity index (χ4n) is 3.07. The van der Waals surface area contributed by atoms with Gasteiger partial charge < -0.3 is 20.1 Å². The average Bonchev–Trinajstić information content (AvgIpc) is 3.19. The Morgan fingerprint density at radius 3 is 3.23 bits per heavy atom. The molecule has 122 valence electrons. The molecule has 0 aromatic carbocycles. The molecular formula is C15H21FN2O3S. The number of aliphatic hydroxyl groups is 1. The van der Waals surface area contributed by atoms with E-state index in [0.717, 1.165) is 4.88 Å². The Morgan fingerprint density at radius 1 is 1.68 bits per heavy atom. The molecule has 22 heavy (non-hydrogen) atoms. The molecule has 0 spiro atoms. The van der Waals surface area contributed by atoms with Crippen LogP contribution in [0.2, 0.25) is 0 Å². The predicted molar refractivity (Wildman–Crippen MR) is 81.5 cm³/mol. The van der Waals surface area contributed by atoms with Gasteiger partial charge in [-0.2, -0.15) is 0 Å². The lowest BCUT2D eigenvalue weighted by atomic mass is 9.99. The highest BCUT2D eigenvalue weighted by Gasteiger charge is 2.46. The Kier molecular flexibility index (Phi) is 4.77. The first-order valence-electron chi connectivity index (χ1n) is 7.60. The third-order valence-electron chi connectivity index (χ3n) is 4.34. The van der Waals surface area contributed by atoms with Crippen molar-refractivity contribution in [2.75, 3.05) is 32.8 Å². The number of nitrogens with zero attached hydrogens (tertiary/aromatic N) is 1. The summed E-state index contributed by atoms with van der Waals surface area (Å²) < 4.78 is 20.2. The van der Waals surface area contributed by atoms with Crippen LogP contribution >= 0.6 is 11.3 Å². The number of halogens is 1. The highest BCUT2D eigenvalue weighted by atomic mass is 32.1. The van der Waals surface area contributed by atoms with Crippen LogP contribution in [0.4, 0.5) is 4.39 Å². The van der Waals surface area contributed by atoms with E-state index in [1.165, 1.54) is 11.3 Å². The number of nitrogens with one attached hydrogen (secondary N) is 1. The van der Waals surface area contributed by atoms with E-state index >= 15 is 0 Å². The van der Waals surface area contributed by atoms with Gasteiger partial charge in [0.25, 0.3) is 5.91 Å². The minimum atomic E-state index is -1.82. The number of carbonyl (C=O) groups excluding carboxylic acids is 1. The summed E-state index contributed by atoms with van der Waals surface area (Å²) in [5.41, 5.74) is -1.82. The Morgan fingerprint density at radius 2 is 2.55 bits per heavy atom.